The Hall–Kier alpha value is -3.99. The number of benzene rings is 1. The summed E-state index contributed by atoms with van der Waals surface area (Å²) >= 11 is 0. The number of fused-ring (bicyclic) bond motifs is 2. The molecule has 0 amide bonds. The van der Waals surface area contributed by atoms with E-state index in [1.807, 2.05) is 12.1 Å². The van der Waals surface area contributed by atoms with Crippen molar-refractivity contribution >= 4 is 23.4 Å². The highest BCUT2D eigenvalue weighted by Crippen LogP contribution is 2.37. The average molecular weight is 477 g/mol. The van der Waals surface area contributed by atoms with E-state index in [9.17, 15) is 9.90 Å². The Balaban J connectivity index is 1.32. The third-order valence-electron chi connectivity index (χ3n) is 6.58. The summed E-state index contributed by atoms with van der Waals surface area (Å²) in [5.74, 6) is 0.343. The summed E-state index contributed by atoms with van der Waals surface area (Å²) in [6.45, 7) is 1.94. The van der Waals surface area contributed by atoms with E-state index in [1.165, 1.54) is 0 Å². The monoisotopic (exact) mass is 476 g/mol. The van der Waals surface area contributed by atoms with Crippen molar-refractivity contribution in [3.05, 3.63) is 48.3 Å². The largest absolute Gasteiger partial charge is 0.507 e. The summed E-state index contributed by atoms with van der Waals surface area (Å²) < 4.78 is 0. The number of aromatic nitrogens is 4. The Morgan fingerprint density at radius 3 is 2.49 bits per heavy atom. The van der Waals surface area contributed by atoms with Crippen LogP contribution in [0.4, 0.5) is 17.5 Å². The van der Waals surface area contributed by atoms with Gasteiger partial charge in [-0.15, -0.1) is 10.2 Å². The number of likely N-dealkylation sites (N-methyl/N-ethyl adjacent to an activating group) is 1. The first-order valence-corrected chi connectivity index (χ1v) is 11.5. The van der Waals surface area contributed by atoms with Crippen LogP contribution >= 0.6 is 0 Å². The quantitative estimate of drug-likeness (QED) is 0.457. The van der Waals surface area contributed by atoms with E-state index in [0.29, 0.717) is 29.6 Å². The van der Waals surface area contributed by atoms with E-state index in [1.54, 1.807) is 42.5 Å². The van der Waals surface area contributed by atoms with Crippen molar-refractivity contribution in [2.24, 2.45) is 0 Å². The van der Waals surface area contributed by atoms with Crippen LogP contribution in [0.15, 0.2) is 42.7 Å². The molecule has 2 aromatic heterocycles. The van der Waals surface area contributed by atoms with E-state index in [2.05, 4.69) is 30.0 Å². The van der Waals surface area contributed by atoms with Gasteiger partial charge in [0.05, 0.1) is 17.9 Å². The number of para-hydroxylation sites is 1. The number of carboxylic acid groups (broad SMARTS) is 1. The fourth-order valence-corrected chi connectivity index (χ4v) is 5.05. The van der Waals surface area contributed by atoms with Crippen molar-refractivity contribution in [1.29, 1.82) is 0 Å². The maximum absolute atomic E-state index is 10.9. The summed E-state index contributed by atoms with van der Waals surface area (Å²) in [4.78, 5) is 26.3. The topological polar surface area (TPSA) is 145 Å². The van der Waals surface area contributed by atoms with E-state index in [4.69, 9.17) is 10.8 Å². The molecule has 182 valence electrons. The first-order valence-electron chi connectivity index (χ1n) is 11.5. The molecule has 2 aliphatic heterocycles. The first-order chi connectivity index (χ1) is 16.9. The van der Waals surface area contributed by atoms with Crippen molar-refractivity contribution in [3.63, 3.8) is 0 Å². The van der Waals surface area contributed by atoms with Crippen molar-refractivity contribution in [2.45, 2.75) is 31.5 Å². The SMILES string of the molecule is CN(CC(=O)O)Cc1cnc(N2C3CCC2CN(c2cc(-c4ccccc4O)nnc2N)C3)nc1. The van der Waals surface area contributed by atoms with Crippen molar-refractivity contribution in [2.75, 3.05) is 42.2 Å². The summed E-state index contributed by atoms with van der Waals surface area (Å²) in [5, 5.41) is 27.5. The number of nitrogen functional groups attached to an aromatic ring is 1. The Kier molecular flexibility index (Phi) is 6.08. The van der Waals surface area contributed by atoms with E-state index < -0.39 is 5.97 Å². The van der Waals surface area contributed by atoms with Crippen LogP contribution < -0.4 is 15.5 Å². The molecule has 1 aromatic carbocycles. The fraction of sp³-hybridized carbons (Fsp3) is 0.375. The number of hydrogen-bond acceptors (Lipinski definition) is 10. The normalized spacial score (nSPS) is 19.4. The van der Waals surface area contributed by atoms with Crippen LogP contribution in [-0.2, 0) is 11.3 Å². The Morgan fingerprint density at radius 2 is 1.83 bits per heavy atom. The van der Waals surface area contributed by atoms with Gasteiger partial charge in [-0.3, -0.25) is 9.69 Å². The minimum atomic E-state index is -0.864. The second-order valence-electron chi connectivity index (χ2n) is 9.17. The molecule has 2 aliphatic rings. The second kappa shape index (κ2) is 9.34. The van der Waals surface area contributed by atoms with Crippen molar-refractivity contribution in [1.82, 2.24) is 25.1 Å². The molecule has 5 rings (SSSR count). The van der Waals surface area contributed by atoms with Crippen molar-refractivity contribution in [3.8, 4) is 17.0 Å². The average Bonchev–Trinajstić information content (AvgIpc) is 3.09. The standard InChI is InChI=1S/C24H28N8O3/c1-30(14-22(34)35)11-15-9-26-24(27-10-15)32-16-6-7-17(32)13-31(12-16)20-8-19(28-29-23(20)25)18-4-2-3-5-21(18)33/h2-5,8-10,16-17,33H,6-7,11-14H2,1H3,(H2,25,29)(H,34,35). The molecule has 0 spiro atoms. The zero-order valence-corrected chi connectivity index (χ0v) is 19.4. The van der Waals surface area contributed by atoms with Gasteiger partial charge >= 0.3 is 5.97 Å². The lowest BCUT2D eigenvalue weighted by atomic mass is 10.1. The summed E-state index contributed by atoms with van der Waals surface area (Å²) in [5.41, 5.74) is 9.10. The van der Waals surface area contributed by atoms with Crippen LogP contribution in [0.3, 0.4) is 0 Å². The van der Waals surface area contributed by atoms with E-state index in [-0.39, 0.29) is 24.4 Å². The fourth-order valence-electron chi connectivity index (χ4n) is 5.05. The zero-order chi connectivity index (χ0) is 24.5. The second-order valence-corrected chi connectivity index (χ2v) is 9.17. The lowest BCUT2D eigenvalue weighted by molar-refractivity contribution is -0.138. The molecule has 2 bridgehead atoms. The van der Waals surface area contributed by atoms with Crippen LogP contribution in [0, 0.1) is 0 Å². The molecule has 4 N–H and O–H groups in total. The zero-order valence-electron chi connectivity index (χ0n) is 19.4. The van der Waals surface area contributed by atoms with Crippen molar-refractivity contribution < 1.29 is 15.0 Å². The lowest BCUT2D eigenvalue weighted by Gasteiger charge is -2.42. The maximum atomic E-state index is 10.9. The summed E-state index contributed by atoms with van der Waals surface area (Å²) in [6.07, 6.45) is 5.60. The number of carbonyl (C=O) groups is 1. The van der Waals surface area contributed by atoms with E-state index >= 15 is 0 Å². The van der Waals surface area contributed by atoms with Gasteiger partial charge in [-0.2, -0.15) is 0 Å². The number of rotatable bonds is 7. The summed E-state index contributed by atoms with van der Waals surface area (Å²) in [7, 11) is 1.76. The predicted octanol–water partition coefficient (Wildman–Crippen LogP) is 1.60. The van der Waals surface area contributed by atoms with Crippen LogP contribution in [-0.4, -0.2) is 80.0 Å². The molecule has 2 atom stereocenters. The van der Waals surface area contributed by atoms with Gasteiger partial charge in [-0.25, -0.2) is 9.97 Å². The number of anilines is 3. The molecule has 11 heteroatoms. The number of nitrogens with two attached hydrogens (primary N) is 1. The molecule has 4 heterocycles. The molecule has 0 aliphatic carbocycles. The number of phenolic OH excluding ortho intramolecular Hbond substituents is 1. The predicted molar refractivity (Wildman–Crippen MR) is 131 cm³/mol. The molecule has 2 unspecified atom stereocenters. The molecule has 2 fully saturated rings. The molecule has 35 heavy (non-hydrogen) atoms. The molecule has 0 saturated carbocycles. The minimum absolute atomic E-state index is 0.0353. The molecule has 2 saturated heterocycles. The number of piperazine rings is 1. The Morgan fingerprint density at radius 1 is 1.14 bits per heavy atom. The van der Waals surface area contributed by atoms with Gasteiger partial charge in [0.15, 0.2) is 5.82 Å². The smallest absolute Gasteiger partial charge is 0.317 e. The number of hydrogen-bond donors (Lipinski definition) is 3. The van der Waals surface area contributed by atoms with Gasteiger partial charge in [-0.05, 0) is 38.1 Å². The Bertz CT molecular complexity index is 1210. The maximum Gasteiger partial charge on any atom is 0.317 e. The van der Waals surface area contributed by atoms with Gasteiger partial charge in [0.25, 0.3) is 0 Å². The third-order valence-corrected chi connectivity index (χ3v) is 6.58. The number of phenols is 1. The highest BCUT2D eigenvalue weighted by atomic mass is 16.4. The first kappa shape index (κ1) is 22.8. The number of carboxylic acids is 1. The van der Waals surface area contributed by atoms with Crippen LogP contribution in [0.5, 0.6) is 5.75 Å². The molecular weight excluding hydrogens is 448 g/mol. The van der Waals surface area contributed by atoms with Crippen LogP contribution in [0.25, 0.3) is 11.3 Å². The van der Waals surface area contributed by atoms with Gasteiger partial charge in [0.1, 0.15) is 5.75 Å². The minimum Gasteiger partial charge on any atom is -0.507 e. The Labute approximate surface area is 202 Å². The highest BCUT2D eigenvalue weighted by Gasteiger charge is 2.42. The number of aromatic hydroxyl groups is 1. The summed E-state index contributed by atoms with van der Waals surface area (Å²) in [6, 6.07) is 9.41. The van der Waals surface area contributed by atoms with Gasteiger partial charge in [0.2, 0.25) is 5.95 Å². The van der Waals surface area contributed by atoms with Gasteiger partial charge in [-0.1, -0.05) is 12.1 Å². The number of aliphatic carboxylic acids is 1. The van der Waals surface area contributed by atoms with E-state index in [0.717, 1.165) is 37.2 Å². The van der Waals surface area contributed by atoms with Crippen LogP contribution in [0.1, 0.15) is 18.4 Å². The lowest BCUT2D eigenvalue weighted by Crippen LogP contribution is -2.54. The molecule has 11 nitrogen and oxygen atoms in total. The van der Waals surface area contributed by atoms with Crippen LogP contribution in [0.2, 0.25) is 0 Å². The highest BCUT2D eigenvalue weighted by molar-refractivity contribution is 5.74. The van der Waals surface area contributed by atoms with Gasteiger partial charge in [0, 0.05) is 55.2 Å². The molecule has 3 aromatic rings. The number of nitrogens with zero attached hydrogens (tertiary/aromatic N) is 7. The van der Waals surface area contributed by atoms with Gasteiger partial charge < -0.3 is 25.7 Å². The third kappa shape index (κ3) is 4.67. The molecular formula is C24H28N8O3. The molecule has 0 radical (unpaired) electrons.